The molecule has 19 heavy (non-hydrogen) atoms. The molecule has 0 saturated heterocycles. The number of pyridine rings is 1. The highest BCUT2D eigenvalue weighted by atomic mass is 32.1. The third kappa shape index (κ3) is 1.97. The Morgan fingerprint density at radius 1 is 1.32 bits per heavy atom. The minimum Gasteiger partial charge on any atom is -0.397 e. The lowest BCUT2D eigenvalue weighted by Crippen LogP contribution is -2.29. The van der Waals surface area contributed by atoms with E-state index in [4.69, 9.17) is 11.6 Å². The molecule has 0 aliphatic carbocycles. The summed E-state index contributed by atoms with van der Waals surface area (Å²) in [6.07, 6.45) is 0. The number of carbonyl (C=O) groups excluding carboxylic acids is 1. The molecule has 0 aliphatic rings. The lowest BCUT2D eigenvalue weighted by atomic mass is 10.2. The molecular formula is C12H10N4OS2. The third-order valence-corrected chi connectivity index (χ3v) is 4.71. The SMILES string of the molecule is NNC(=O)c1sc2nc(-c3cccs3)ccc2c1N. The normalized spacial score (nSPS) is 10.8. The Balaban J connectivity index is 2.17. The average Bonchev–Trinajstić information content (AvgIpc) is 3.06. The van der Waals surface area contributed by atoms with Crippen molar-refractivity contribution in [1.29, 1.82) is 0 Å². The maximum Gasteiger partial charge on any atom is 0.277 e. The topological polar surface area (TPSA) is 94.0 Å². The van der Waals surface area contributed by atoms with Gasteiger partial charge in [0, 0.05) is 5.39 Å². The third-order valence-electron chi connectivity index (χ3n) is 2.70. The molecule has 0 atom stereocenters. The molecule has 0 spiro atoms. The van der Waals surface area contributed by atoms with Crippen molar-refractivity contribution in [1.82, 2.24) is 10.4 Å². The fraction of sp³-hybridized carbons (Fsp3) is 0. The summed E-state index contributed by atoms with van der Waals surface area (Å²) in [6, 6.07) is 7.77. The van der Waals surface area contributed by atoms with Crippen LogP contribution in [0.1, 0.15) is 9.67 Å². The average molecular weight is 290 g/mol. The van der Waals surface area contributed by atoms with Gasteiger partial charge in [-0.3, -0.25) is 10.2 Å². The van der Waals surface area contributed by atoms with Crippen molar-refractivity contribution in [3.63, 3.8) is 0 Å². The van der Waals surface area contributed by atoms with Gasteiger partial charge in [-0.05, 0) is 23.6 Å². The fourth-order valence-electron chi connectivity index (χ4n) is 1.79. The van der Waals surface area contributed by atoms with Crippen LogP contribution in [0.4, 0.5) is 5.69 Å². The number of amides is 1. The molecule has 3 heterocycles. The molecule has 0 saturated carbocycles. The number of fused-ring (bicyclic) bond motifs is 1. The van der Waals surface area contributed by atoms with E-state index in [0.29, 0.717) is 10.6 Å². The van der Waals surface area contributed by atoms with Gasteiger partial charge in [-0.1, -0.05) is 6.07 Å². The zero-order valence-electron chi connectivity index (χ0n) is 9.71. The Bertz CT molecular complexity index is 749. The fourth-order valence-corrected chi connectivity index (χ4v) is 3.49. The number of nitrogen functional groups attached to an aromatic ring is 2. The van der Waals surface area contributed by atoms with Gasteiger partial charge in [0.1, 0.15) is 9.71 Å². The van der Waals surface area contributed by atoms with Crippen LogP contribution in [-0.4, -0.2) is 10.9 Å². The smallest absolute Gasteiger partial charge is 0.277 e. The monoisotopic (exact) mass is 290 g/mol. The van der Waals surface area contributed by atoms with Crippen molar-refractivity contribution < 1.29 is 4.79 Å². The number of thiophene rings is 2. The Morgan fingerprint density at radius 2 is 2.16 bits per heavy atom. The van der Waals surface area contributed by atoms with Crippen LogP contribution in [0.25, 0.3) is 20.8 Å². The summed E-state index contributed by atoms with van der Waals surface area (Å²) in [4.78, 5) is 18.3. The molecule has 0 aliphatic heterocycles. The standard InChI is InChI=1S/C12H10N4OS2/c13-9-6-3-4-7(8-2-1-5-18-8)15-12(6)19-10(9)11(17)16-14/h1-5H,13-14H2,(H,16,17). The number of hydrazine groups is 1. The summed E-state index contributed by atoms with van der Waals surface area (Å²) in [5.41, 5.74) is 9.33. The maximum atomic E-state index is 11.6. The highest BCUT2D eigenvalue weighted by Gasteiger charge is 2.16. The van der Waals surface area contributed by atoms with E-state index in [1.54, 1.807) is 11.3 Å². The molecule has 0 bridgehead atoms. The summed E-state index contributed by atoms with van der Waals surface area (Å²) < 4.78 is 0. The molecular weight excluding hydrogens is 280 g/mol. The minimum atomic E-state index is -0.391. The Morgan fingerprint density at radius 3 is 2.84 bits per heavy atom. The first-order chi connectivity index (χ1) is 9.20. The van der Waals surface area contributed by atoms with Crippen LogP contribution >= 0.6 is 22.7 Å². The van der Waals surface area contributed by atoms with E-state index < -0.39 is 5.91 Å². The Labute approximate surface area is 116 Å². The molecule has 0 aromatic carbocycles. The van der Waals surface area contributed by atoms with Gasteiger partial charge in [0.05, 0.1) is 16.3 Å². The first kappa shape index (κ1) is 12.1. The van der Waals surface area contributed by atoms with Gasteiger partial charge in [-0.2, -0.15) is 0 Å². The van der Waals surface area contributed by atoms with Crippen molar-refractivity contribution in [2.75, 3.05) is 5.73 Å². The van der Waals surface area contributed by atoms with Crippen molar-refractivity contribution >= 4 is 44.5 Å². The number of hydrogen-bond acceptors (Lipinski definition) is 6. The van der Waals surface area contributed by atoms with E-state index >= 15 is 0 Å². The lowest BCUT2D eigenvalue weighted by Gasteiger charge is -1.97. The van der Waals surface area contributed by atoms with Gasteiger partial charge in [0.2, 0.25) is 0 Å². The van der Waals surface area contributed by atoms with E-state index in [0.717, 1.165) is 20.8 Å². The quantitative estimate of drug-likeness (QED) is 0.383. The Hall–Kier alpha value is -1.96. The second-order valence-corrected chi connectivity index (χ2v) is 5.79. The molecule has 0 radical (unpaired) electrons. The summed E-state index contributed by atoms with van der Waals surface area (Å²) >= 11 is 2.86. The molecule has 7 heteroatoms. The number of anilines is 1. The predicted molar refractivity (Wildman–Crippen MR) is 79.0 cm³/mol. The second-order valence-electron chi connectivity index (χ2n) is 3.84. The first-order valence-electron chi connectivity index (χ1n) is 5.44. The summed E-state index contributed by atoms with van der Waals surface area (Å²) in [5, 5.41) is 2.78. The molecule has 3 aromatic heterocycles. The predicted octanol–water partition coefficient (Wildman–Crippen LogP) is 2.21. The van der Waals surface area contributed by atoms with Gasteiger partial charge >= 0.3 is 0 Å². The number of nitrogens with two attached hydrogens (primary N) is 2. The van der Waals surface area contributed by atoms with Crippen LogP contribution in [-0.2, 0) is 0 Å². The largest absolute Gasteiger partial charge is 0.397 e. The highest BCUT2D eigenvalue weighted by molar-refractivity contribution is 7.21. The number of nitrogens with zero attached hydrogens (tertiary/aromatic N) is 1. The molecule has 3 aromatic rings. The molecule has 3 rings (SSSR count). The van der Waals surface area contributed by atoms with E-state index in [1.165, 1.54) is 11.3 Å². The van der Waals surface area contributed by atoms with Crippen LogP contribution in [0, 0.1) is 0 Å². The van der Waals surface area contributed by atoms with Crippen LogP contribution in [0.15, 0.2) is 29.6 Å². The van der Waals surface area contributed by atoms with E-state index in [9.17, 15) is 4.79 Å². The van der Waals surface area contributed by atoms with Crippen LogP contribution < -0.4 is 17.0 Å². The van der Waals surface area contributed by atoms with Gasteiger partial charge in [0.15, 0.2) is 0 Å². The zero-order chi connectivity index (χ0) is 13.4. The summed E-state index contributed by atoms with van der Waals surface area (Å²) in [5.74, 6) is 4.74. The van der Waals surface area contributed by atoms with Crippen LogP contribution in [0.2, 0.25) is 0 Å². The molecule has 0 unspecified atom stereocenters. The van der Waals surface area contributed by atoms with Gasteiger partial charge in [0.25, 0.3) is 5.91 Å². The van der Waals surface area contributed by atoms with Crippen LogP contribution in [0.5, 0.6) is 0 Å². The van der Waals surface area contributed by atoms with E-state index in [1.807, 2.05) is 29.6 Å². The summed E-state index contributed by atoms with van der Waals surface area (Å²) in [7, 11) is 0. The van der Waals surface area contributed by atoms with Gasteiger partial charge in [-0.25, -0.2) is 10.8 Å². The number of carbonyl (C=O) groups is 1. The molecule has 0 fully saturated rings. The maximum absolute atomic E-state index is 11.6. The summed E-state index contributed by atoms with van der Waals surface area (Å²) in [6.45, 7) is 0. The van der Waals surface area contributed by atoms with Gasteiger partial charge in [-0.15, -0.1) is 22.7 Å². The van der Waals surface area contributed by atoms with Crippen molar-refractivity contribution in [3.05, 3.63) is 34.5 Å². The highest BCUT2D eigenvalue weighted by Crippen LogP contribution is 2.34. The van der Waals surface area contributed by atoms with Crippen molar-refractivity contribution in [2.24, 2.45) is 5.84 Å². The number of rotatable bonds is 2. The number of hydrogen-bond donors (Lipinski definition) is 3. The molecule has 1 amide bonds. The first-order valence-corrected chi connectivity index (χ1v) is 7.14. The van der Waals surface area contributed by atoms with E-state index in [2.05, 4.69) is 10.4 Å². The number of aromatic nitrogens is 1. The van der Waals surface area contributed by atoms with Gasteiger partial charge < -0.3 is 5.73 Å². The Kier molecular flexibility index (Phi) is 2.94. The molecule has 96 valence electrons. The molecule has 5 nitrogen and oxygen atoms in total. The zero-order valence-corrected chi connectivity index (χ0v) is 11.3. The lowest BCUT2D eigenvalue weighted by molar-refractivity contribution is 0.0958. The van der Waals surface area contributed by atoms with Crippen molar-refractivity contribution in [3.8, 4) is 10.6 Å². The number of nitrogens with one attached hydrogen (secondary N) is 1. The minimum absolute atomic E-state index is 0.391. The van der Waals surface area contributed by atoms with Crippen molar-refractivity contribution in [2.45, 2.75) is 0 Å². The second kappa shape index (κ2) is 4.61. The molecule has 5 N–H and O–H groups in total. The van der Waals surface area contributed by atoms with Crippen LogP contribution in [0.3, 0.4) is 0 Å². The van der Waals surface area contributed by atoms with E-state index in [-0.39, 0.29) is 0 Å².